The maximum Gasteiger partial charge on any atom is 0.272 e. The summed E-state index contributed by atoms with van der Waals surface area (Å²) in [7, 11) is 1.48. The van der Waals surface area contributed by atoms with E-state index in [1.54, 1.807) is 13.1 Å². The SMILES string of the molecule is COC[C@H]1C/C(=C/Nc2nc(NC3CC(F)(F)C3)ncc2C)C(=N)C(=O)N1Cc1ccc(F)c(F)c1. The van der Waals surface area contributed by atoms with Crippen molar-refractivity contribution in [2.75, 3.05) is 24.4 Å². The van der Waals surface area contributed by atoms with Gasteiger partial charge in [0.25, 0.3) is 11.8 Å². The monoisotopic (exact) mass is 506 g/mol. The van der Waals surface area contributed by atoms with Gasteiger partial charge in [-0.3, -0.25) is 10.2 Å². The van der Waals surface area contributed by atoms with Gasteiger partial charge in [-0.2, -0.15) is 4.98 Å². The third kappa shape index (κ3) is 5.64. The molecule has 0 unspecified atom stereocenters. The predicted molar refractivity (Wildman–Crippen MR) is 125 cm³/mol. The molecule has 4 rings (SSSR count). The zero-order chi connectivity index (χ0) is 26.0. The van der Waals surface area contributed by atoms with Crippen molar-refractivity contribution in [2.45, 2.75) is 50.7 Å². The fourth-order valence-electron chi connectivity index (χ4n) is 4.18. The maximum atomic E-state index is 13.7. The third-order valence-corrected chi connectivity index (χ3v) is 6.17. The lowest BCUT2D eigenvalue weighted by Crippen LogP contribution is -2.50. The minimum absolute atomic E-state index is 0.00654. The molecule has 1 atom stereocenters. The normalized spacial score (nSPS) is 21.0. The molecule has 1 aliphatic heterocycles. The molecule has 1 aromatic carbocycles. The highest BCUT2D eigenvalue weighted by atomic mass is 19.3. The summed E-state index contributed by atoms with van der Waals surface area (Å²) in [6.45, 7) is 1.93. The zero-order valence-corrected chi connectivity index (χ0v) is 19.7. The molecule has 1 amide bonds. The number of nitrogens with zero attached hydrogens (tertiary/aromatic N) is 3. The zero-order valence-electron chi connectivity index (χ0n) is 19.7. The first-order valence-electron chi connectivity index (χ1n) is 11.3. The summed E-state index contributed by atoms with van der Waals surface area (Å²) >= 11 is 0. The number of amides is 1. The van der Waals surface area contributed by atoms with E-state index in [1.165, 1.54) is 24.3 Å². The van der Waals surface area contributed by atoms with Crippen LogP contribution in [0.4, 0.5) is 29.3 Å². The molecule has 0 radical (unpaired) electrons. The third-order valence-electron chi connectivity index (χ3n) is 6.17. The summed E-state index contributed by atoms with van der Waals surface area (Å²) in [4.78, 5) is 22.9. The molecule has 1 aliphatic carbocycles. The van der Waals surface area contributed by atoms with E-state index in [2.05, 4.69) is 20.6 Å². The van der Waals surface area contributed by atoms with Crippen molar-refractivity contribution in [1.29, 1.82) is 5.41 Å². The highest BCUT2D eigenvalue weighted by Gasteiger charge is 2.45. The van der Waals surface area contributed by atoms with Gasteiger partial charge in [0.2, 0.25) is 5.95 Å². The van der Waals surface area contributed by atoms with Gasteiger partial charge in [-0.25, -0.2) is 22.5 Å². The minimum atomic E-state index is -2.67. The molecule has 0 bridgehead atoms. The summed E-state index contributed by atoms with van der Waals surface area (Å²) in [6.07, 6.45) is 2.77. The van der Waals surface area contributed by atoms with Gasteiger partial charge in [0, 0.05) is 56.1 Å². The van der Waals surface area contributed by atoms with Crippen molar-refractivity contribution in [3.63, 3.8) is 0 Å². The first-order chi connectivity index (χ1) is 17.1. The molecule has 1 aromatic heterocycles. The smallest absolute Gasteiger partial charge is 0.272 e. The molecule has 2 heterocycles. The van der Waals surface area contributed by atoms with Crippen LogP contribution in [0.1, 0.15) is 30.4 Å². The highest BCUT2D eigenvalue weighted by molar-refractivity contribution is 6.44. The second kappa shape index (κ2) is 10.2. The van der Waals surface area contributed by atoms with E-state index < -0.39 is 35.5 Å². The van der Waals surface area contributed by atoms with Crippen molar-refractivity contribution in [1.82, 2.24) is 14.9 Å². The first-order valence-corrected chi connectivity index (χ1v) is 11.3. The Labute approximate surface area is 205 Å². The highest BCUT2D eigenvalue weighted by Crippen LogP contribution is 2.38. The van der Waals surface area contributed by atoms with Gasteiger partial charge >= 0.3 is 0 Å². The Bertz CT molecular complexity index is 1200. The lowest BCUT2D eigenvalue weighted by Gasteiger charge is -2.36. The van der Waals surface area contributed by atoms with Crippen LogP contribution in [0.25, 0.3) is 0 Å². The van der Waals surface area contributed by atoms with Crippen LogP contribution >= 0.6 is 0 Å². The molecule has 3 N–H and O–H groups in total. The van der Waals surface area contributed by atoms with Crippen LogP contribution in [-0.2, 0) is 16.1 Å². The molecule has 2 fully saturated rings. The second-order valence-corrected chi connectivity index (χ2v) is 9.01. The van der Waals surface area contributed by atoms with Gasteiger partial charge in [0.1, 0.15) is 11.5 Å². The van der Waals surface area contributed by atoms with Crippen LogP contribution in [-0.4, -0.2) is 58.2 Å². The number of methoxy groups -OCH3 is 1. The lowest BCUT2D eigenvalue weighted by molar-refractivity contribution is -0.129. The van der Waals surface area contributed by atoms with E-state index in [1.807, 2.05) is 0 Å². The molecule has 0 spiro atoms. The Kier molecular flexibility index (Phi) is 7.25. The van der Waals surface area contributed by atoms with Crippen molar-refractivity contribution in [3.05, 3.63) is 58.9 Å². The van der Waals surface area contributed by atoms with Gasteiger partial charge in [0.15, 0.2) is 11.6 Å². The van der Waals surface area contributed by atoms with Gasteiger partial charge in [-0.05, 0) is 31.0 Å². The number of ether oxygens (including phenoxy) is 1. The van der Waals surface area contributed by atoms with Gasteiger partial charge < -0.3 is 20.3 Å². The number of halogens is 4. The minimum Gasteiger partial charge on any atom is -0.383 e. The molecular formula is C24H26F4N6O2. The average molecular weight is 507 g/mol. The Hall–Kier alpha value is -3.54. The van der Waals surface area contributed by atoms with E-state index >= 15 is 0 Å². The number of rotatable bonds is 8. The Morgan fingerprint density at radius 3 is 2.69 bits per heavy atom. The molecule has 8 nitrogen and oxygen atoms in total. The van der Waals surface area contributed by atoms with Gasteiger partial charge in [0.05, 0.1) is 12.6 Å². The Morgan fingerprint density at radius 2 is 2.03 bits per heavy atom. The van der Waals surface area contributed by atoms with E-state index in [-0.39, 0.29) is 44.1 Å². The van der Waals surface area contributed by atoms with Crippen molar-refractivity contribution >= 4 is 23.4 Å². The number of hydrogen-bond donors (Lipinski definition) is 3. The van der Waals surface area contributed by atoms with E-state index in [4.69, 9.17) is 10.1 Å². The number of benzene rings is 1. The summed E-state index contributed by atoms with van der Waals surface area (Å²) in [5, 5.41) is 14.3. The van der Waals surface area contributed by atoms with Crippen LogP contribution in [0.2, 0.25) is 0 Å². The number of piperidine rings is 1. The Morgan fingerprint density at radius 1 is 1.28 bits per heavy atom. The van der Waals surface area contributed by atoms with Crippen LogP contribution in [0.5, 0.6) is 0 Å². The lowest BCUT2D eigenvalue weighted by atomic mass is 9.88. The predicted octanol–water partition coefficient (Wildman–Crippen LogP) is 4.04. The standard InChI is InChI=1S/C24H26F4N6O2/c1-13-9-31-23(32-16-7-24(27,28)8-16)33-21(13)30-10-15-6-17(12-36-2)34(22(35)20(15)29)11-14-3-4-18(25)19(26)5-14/h3-5,9-10,16-17,29H,6-8,11-12H2,1-2H3,(H2,30,31,32,33)/b15-10-,29-20?/t17-/m1/s1. The molecule has 12 heteroatoms. The number of aryl methyl sites for hydroxylation is 1. The van der Waals surface area contributed by atoms with Gasteiger partial charge in [-0.1, -0.05) is 6.07 Å². The summed E-state index contributed by atoms with van der Waals surface area (Å²) in [5.41, 5.74) is 1.23. The molecule has 2 aliphatic rings. The van der Waals surface area contributed by atoms with Crippen molar-refractivity contribution in [2.24, 2.45) is 0 Å². The van der Waals surface area contributed by atoms with Crippen LogP contribution in [0.15, 0.2) is 36.2 Å². The number of anilines is 2. The van der Waals surface area contributed by atoms with Crippen LogP contribution < -0.4 is 10.6 Å². The number of likely N-dealkylation sites (tertiary alicyclic amines) is 1. The fraction of sp³-hybridized carbons (Fsp3) is 0.417. The topological polar surface area (TPSA) is 103 Å². The molecule has 1 saturated carbocycles. The number of aromatic nitrogens is 2. The largest absolute Gasteiger partial charge is 0.383 e. The summed E-state index contributed by atoms with van der Waals surface area (Å²) < 4.78 is 58.4. The maximum absolute atomic E-state index is 13.7. The quantitative estimate of drug-likeness (QED) is 0.467. The van der Waals surface area contributed by atoms with Crippen molar-refractivity contribution < 1.29 is 27.1 Å². The number of nitrogens with one attached hydrogen (secondary N) is 3. The van der Waals surface area contributed by atoms with Gasteiger partial charge in [-0.15, -0.1) is 0 Å². The number of alkyl halides is 2. The Balaban J connectivity index is 1.48. The molecular weight excluding hydrogens is 480 g/mol. The molecule has 36 heavy (non-hydrogen) atoms. The summed E-state index contributed by atoms with van der Waals surface area (Å²) in [5.74, 6) is -4.64. The number of carbonyl (C=O) groups is 1. The number of hydrogen-bond acceptors (Lipinski definition) is 7. The first kappa shape index (κ1) is 25.5. The second-order valence-electron chi connectivity index (χ2n) is 9.01. The summed E-state index contributed by atoms with van der Waals surface area (Å²) in [6, 6.07) is 2.56. The van der Waals surface area contributed by atoms with Crippen LogP contribution in [0, 0.1) is 24.0 Å². The van der Waals surface area contributed by atoms with E-state index in [0.29, 0.717) is 22.5 Å². The molecule has 1 saturated heterocycles. The molecule has 192 valence electrons. The van der Waals surface area contributed by atoms with E-state index in [9.17, 15) is 22.4 Å². The average Bonchev–Trinajstić information content (AvgIpc) is 2.80. The fourth-order valence-corrected chi connectivity index (χ4v) is 4.18. The van der Waals surface area contributed by atoms with Crippen molar-refractivity contribution in [3.8, 4) is 0 Å². The van der Waals surface area contributed by atoms with E-state index in [0.717, 1.165) is 12.1 Å². The number of carbonyl (C=O) groups excluding carboxylic acids is 1. The van der Waals surface area contributed by atoms with Crippen LogP contribution in [0.3, 0.4) is 0 Å². The molecule has 2 aromatic rings.